The van der Waals surface area contributed by atoms with E-state index < -0.39 is 42.7 Å². The summed E-state index contributed by atoms with van der Waals surface area (Å²) in [7, 11) is -4.24. The van der Waals surface area contributed by atoms with E-state index in [2.05, 4.69) is 15.1 Å². The van der Waals surface area contributed by atoms with Crippen LogP contribution in [0.15, 0.2) is 48.5 Å². The van der Waals surface area contributed by atoms with Gasteiger partial charge in [0.15, 0.2) is 5.69 Å². The number of carbonyl (C=O) groups is 4. The Morgan fingerprint density at radius 2 is 1.80 bits per heavy atom. The molecule has 0 saturated carbocycles. The van der Waals surface area contributed by atoms with E-state index in [9.17, 15) is 32.5 Å². The van der Waals surface area contributed by atoms with Crippen LogP contribution >= 0.6 is 7.60 Å². The van der Waals surface area contributed by atoms with Crippen molar-refractivity contribution >= 4 is 53.5 Å². The molecule has 16 heteroatoms. The van der Waals surface area contributed by atoms with E-state index in [1.807, 2.05) is 0 Å². The van der Waals surface area contributed by atoms with Crippen LogP contribution in [-0.4, -0.2) is 86.5 Å². The molecule has 2 fully saturated rings. The first kappa shape index (κ1) is 32.7. The van der Waals surface area contributed by atoms with Crippen molar-refractivity contribution in [3.05, 3.63) is 71.2 Å². The van der Waals surface area contributed by atoms with Crippen molar-refractivity contribution in [3.63, 3.8) is 0 Å². The monoisotopic (exact) mass is 656 g/mol. The van der Waals surface area contributed by atoms with Crippen LogP contribution in [0, 0.1) is 6.57 Å². The zero-order valence-electron chi connectivity index (χ0n) is 24.8. The third-order valence-corrected chi connectivity index (χ3v) is 9.49. The van der Waals surface area contributed by atoms with Crippen molar-refractivity contribution in [3.8, 4) is 0 Å². The maximum Gasteiger partial charge on any atom is 0.399 e. The average molecular weight is 657 g/mol. The van der Waals surface area contributed by atoms with E-state index >= 15 is 0 Å². The topological polar surface area (TPSA) is 168 Å². The fourth-order valence-electron chi connectivity index (χ4n) is 5.96. The number of halogens is 2. The lowest BCUT2D eigenvalue weighted by atomic mass is 10.1. The SMILES string of the molecule is [C-]#[N+]c1ccc(N(C)C(=O)[C@@H]2CC[C@@H]3CCN(C(C)=O)C[C@H](NC(=O)c4cc5cc(C(F)(F)P(=O)(O)O)ccc5[nH]4)C(=O)N32)cc1. The van der Waals surface area contributed by atoms with Gasteiger partial charge in [0, 0.05) is 55.3 Å². The van der Waals surface area contributed by atoms with Crippen LogP contribution in [0.1, 0.15) is 42.2 Å². The van der Waals surface area contributed by atoms with E-state index in [1.165, 1.54) is 27.7 Å². The molecular formula is C30H31F2N6O7P. The number of alkyl halides is 2. The van der Waals surface area contributed by atoms with Crippen molar-refractivity contribution in [2.24, 2.45) is 0 Å². The molecule has 0 bridgehead atoms. The lowest BCUT2D eigenvalue weighted by Gasteiger charge is -2.39. The van der Waals surface area contributed by atoms with Gasteiger partial charge in [0.05, 0.1) is 6.57 Å². The standard InChI is InChI=1S/C30H31F2N6O7P/c1-17(39)37-13-12-22-9-11-26(29(42)36(3)21-7-5-20(33-2)6-8-21)38(22)28(41)25(16-37)35-27(40)24-15-18-14-19(4-10-23(18)34-24)30(31,32)46(43,44)45/h4-8,10,14-15,22,25-26,34H,9,11-13,16H2,1,3H3,(H,35,40)(H2,43,44,45)/t22-,25+,26+/m1/s1. The molecule has 2 aromatic carbocycles. The van der Waals surface area contributed by atoms with E-state index in [0.717, 1.165) is 18.2 Å². The van der Waals surface area contributed by atoms with Gasteiger partial charge in [0.25, 0.3) is 5.91 Å². The third-order valence-electron chi connectivity index (χ3n) is 8.50. The number of benzene rings is 2. The molecule has 1 aromatic heterocycles. The summed E-state index contributed by atoms with van der Waals surface area (Å²) in [6.45, 7) is 8.60. The lowest BCUT2D eigenvalue weighted by Crippen LogP contribution is -2.61. The van der Waals surface area contributed by atoms with E-state index in [4.69, 9.17) is 16.4 Å². The summed E-state index contributed by atoms with van der Waals surface area (Å²) in [5.41, 5.74) is -4.33. The highest BCUT2D eigenvalue weighted by molar-refractivity contribution is 7.52. The van der Waals surface area contributed by atoms with Gasteiger partial charge in [-0.2, -0.15) is 8.78 Å². The third kappa shape index (κ3) is 6.11. The van der Waals surface area contributed by atoms with E-state index in [0.29, 0.717) is 30.6 Å². The average Bonchev–Trinajstić information content (AvgIpc) is 3.64. The quantitative estimate of drug-likeness (QED) is 0.233. The Morgan fingerprint density at radius 3 is 2.43 bits per heavy atom. The van der Waals surface area contributed by atoms with E-state index in [-0.39, 0.29) is 47.5 Å². The number of amides is 4. The Labute approximate surface area is 262 Å². The van der Waals surface area contributed by atoms with Crippen molar-refractivity contribution < 1.29 is 42.3 Å². The smallest absolute Gasteiger partial charge is 0.351 e. The number of aromatic amines is 1. The first-order valence-electron chi connectivity index (χ1n) is 14.3. The second-order valence-electron chi connectivity index (χ2n) is 11.4. The number of anilines is 1. The fraction of sp³-hybridized carbons (Fsp3) is 0.367. The van der Waals surface area contributed by atoms with Crippen LogP contribution in [0.4, 0.5) is 20.2 Å². The summed E-state index contributed by atoms with van der Waals surface area (Å²) >= 11 is 0. The maximum absolute atomic E-state index is 14.3. The number of H-pyrrole nitrogens is 1. The van der Waals surface area contributed by atoms with Crippen molar-refractivity contribution in [2.75, 3.05) is 25.0 Å². The molecule has 13 nitrogen and oxygen atoms in total. The molecule has 0 spiro atoms. The summed E-state index contributed by atoms with van der Waals surface area (Å²) in [6, 6.07) is 8.03. The molecule has 2 aliphatic heterocycles. The Morgan fingerprint density at radius 1 is 1.11 bits per heavy atom. The maximum atomic E-state index is 14.3. The molecule has 3 heterocycles. The first-order chi connectivity index (χ1) is 21.6. The van der Waals surface area contributed by atoms with Gasteiger partial charge in [-0.1, -0.05) is 18.2 Å². The second-order valence-corrected chi connectivity index (χ2v) is 13.0. The first-order valence-corrected chi connectivity index (χ1v) is 15.9. The molecule has 3 atom stereocenters. The Balaban J connectivity index is 1.41. The summed E-state index contributed by atoms with van der Waals surface area (Å²) < 4.78 is 39.9. The number of carbonyl (C=O) groups excluding carboxylic acids is 4. The van der Waals surface area contributed by atoms with Gasteiger partial charge in [-0.25, -0.2) is 4.85 Å². The fourth-order valence-corrected chi connectivity index (χ4v) is 6.43. The summed E-state index contributed by atoms with van der Waals surface area (Å²) in [5.74, 6) is -2.01. The largest absolute Gasteiger partial charge is 0.399 e. The number of nitrogens with zero attached hydrogens (tertiary/aromatic N) is 4. The van der Waals surface area contributed by atoms with Gasteiger partial charge in [-0.3, -0.25) is 23.7 Å². The summed E-state index contributed by atoms with van der Waals surface area (Å²) in [4.78, 5) is 82.3. The van der Waals surface area contributed by atoms with Crippen LogP contribution in [-0.2, 0) is 24.6 Å². The minimum absolute atomic E-state index is 0.0721. The van der Waals surface area contributed by atoms with Crippen LogP contribution in [0.3, 0.4) is 0 Å². The number of nitrogens with one attached hydrogen (secondary N) is 2. The number of aromatic nitrogens is 1. The van der Waals surface area contributed by atoms with Crippen molar-refractivity contribution in [2.45, 2.75) is 50.0 Å². The molecule has 2 saturated heterocycles. The van der Waals surface area contributed by atoms with Crippen LogP contribution < -0.4 is 10.2 Å². The van der Waals surface area contributed by atoms with Gasteiger partial charge in [-0.15, -0.1) is 0 Å². The molecule has 0 radical (unpaired) electrons. The number of likely N-dealkylation sites (N-methyl/N-ethyl adjacent to an activating group) is 1. The molecule has 4 amide bonds. The van der Waals surface area contributed by atoms with Crippen molar-refractivity contribution in [1.82, 2.24) is 20.1 Å². The van der Waals surface area contributed by atoms with Gasteiger partial charge in [0.2, 0.25) is 17.7 Å². The lowest BCUT2D eigenvalue weighted by molar-refractivity contribution is -0.144. The van der Waals surface area contributed by atoms with Gasteiger partial charge < -0.3 is 34.8 Å². The zero-order valence-corrected chi connectivity index (χ0v) is 25.7. The molecule has 5 rings (SSSR count). The summed E-state index contributed by atoms with van der Waals surface area (Å²) in [6.07, 6.45) is 1.30. The molecular weight excluding hydrogens is 625 g/mol. The number of rotatable bonds is 6. The molecule has 2 aliphatic rings. The highest BCUT2D eigenvalue weighted by atomic mass is 31.2. The minimum atomic E-state index is -5.82. The van der Waals surface area contributed by atoms with Gasteiger partial charge in [0.1, 0.15) is 17.8 Å². The molecule has 242 valence electrons. The number of hydrogen-bond donors (Lipinski definition) is 4. The highest BCUT2D eigenvalue weighted by Crippen LogP contribution is 2.59. The number of fused-ring (bicyclic) bond motifs is 2. The molecule has 0 unspecified atom stereocenters. The van der Waals surface area contributed by atoms with Crippen LogP contribution in [0.2, 0.25) is 0 Å². The highest BCUT2D eigenvalue weighted by Gasteiger charge is 2.50. The molecule has 4 N–H and O–H groups in total. The molecule has 0 aliphatic carbocycles. The van der Waals surface area contributed by atoms with Crippen molar-refractivity contribution in [1.29, 1.82) is 0 Å². The van der Waals surface area contributed by atoms with Gasteiger partial charge >= 0.3 is 13.3 Å². The zero-order chi connectivity index (χ0) is 33.6. The van der Waals surface area contributed by atoms with E-state index in [1.54, 1.807) is 31.3 Å². The number of hydrogen-bond acceptors (Lipinski definition) is 5. The summed E-state index contributed by atoms with van der Waals surface area (Å²) in [5, 5.41) is 2.70. The Hall–Kier alpha value is -4.64. The minimum Gasteiger partial charge on any atom is -0.351 e. The molecule has 3 aromatic rings. The molecule has 46 heavy (non-hydrogen) atoms. The normalized spacial score (nSPS) is 20.5. The Bertz CT molecular complexity index is 1800. The predicted octanol–water partition coefficient (Wildman–Crippen LogP) is 3.32. The van der Waals surface area contributed by atoms with Gasteiger partial charge in [-0.05, 0) is 49.6 Å². The van der Waals surface area contributed by atoms with Crippen LogP contribution in [0.25, 0.3) is 15.7 Å². The predicted molar refractivity (Wildman–Crippen MR) is 162 cm³/mol. The second kappa shape index (κ2) is 12.3. The Kier molecular flexibility index (Phi) is 8.74. The van der Waals surface area contributed by atoms with Crippen LogP contribution in [0.5, 0.6) is 0 Å².